The Balaban J connectivity index is 2.07. The molecule has 1 aliphatic heterocycles. The predicted octanol–water partition coefficient (Wildman–Crippen LogP) is -0.496. The molecule has 0 aromatic heterocycles. The molecule has 1 heterocycles. The number of terminal acetylenes is 1. The van der Waals surface area contributed by atoms with Gasteiger partial charge < -0.3 is 15.4 Å². The van der Waals surface area contributed by atoms with Crippen molar-refractivity contribution in [1.82, 2.24) is 10.6 Å². The molecule has 0 aliphatic carbocycles. The van der Waals surface area contributed by atoms with Crippen LogP contribution in [0.15, 0.2) is 0 Å². The molecule has 1 aliphatic rings. The van der Waals surface area contributed by atoms with Crippen LogP contribution in [0.2, 0.25) is 0 Å². The highest BCUT2D eigenvalue weighted by Crippen LogP contribution is 2.05. The zero-order valence-corrected chi connectivity index (χ0v) is 8.21. The molecular formula is C10H16N2O2. The van der Waals surface area contributed by atoms with Crippen LogP contribution < -0.4 is 10.6 Å². The number of hydrogen-bond acceptors (Lipinski definition) is 3. The third kappa shape index (κ3) is 4.26. The molecule has 1 saturated heterocycles. The van der Waals surface area contributed by atoms with Crippen molar-refractivity contribution in [2.45, 2.75) is 18.9 Å². The summed E-state index contributed by atoms with van der Waals surface area (Å²) < 4.78 is 5.40. The van der Waals surface area contributed by atoms with Crippen LogP contribution in [-0.4, -0.2) is 38.3 Å². The molecule has 1 amide bonds. The first-order valence-corrected chi connectivity index (χ1v) is 4.85. The van der Waals surface area contributed by atoms with Crippen molar-refractivity contribution in [3.8, 4) is 12.3 Å². The number of rotatable bonds is 4. The normalized spacial score (nSPS) is 21.2. The molecule has 14 heavy (non-hydrogen) atoms. The van der Waals surface area contributed by atoms with Gasteiger partial charge in [0.1, 0.15) is 6.61 Å². The van der Waals surface area contributed by atoms with E-state index >= 15 is 0 Å². The summed E-state index contributed by atoms with van der Waals surface area (Å²) >= 11 is 0. The summed E-state index contributed by atoms with van der Waals surface area (Å²) in [5, 5.41) is 5.76. The van der Waals surface area contributed by atoms with Gasteiger partial charge >= 0.3 is 0 Å². The molecule has 0 aromatic rings. The summed E-state index contributed by atoms with van der Waals surface area (Å²) in [7, 11) is 0. The summed E-state index contributed by atoms with van der Waals surface area (Å²) in [6.45, 7) is 2.25. The van der Waals surface area contributed by atoms with Gasteiger partial charge in [-0.05, 0) is 19.4 Å². The fraction of sp³-hybridized carbons (Fsp3) is 0.700. The highest BCUT2D eigenvalue weighted by molar-refractivity contribution is 5.77. The average Bonchev–Trinajstić information content (AvgIpc) is 2.25. The highest BCUT2D eigenvalue weighted by Gasteiger charge is 2.14. The Hall–Kier alpha value is -1.05. The maximum atomic E-state index is 11.1. The molecule has 1 atom stereocenters. The van der Waals surface area contributed by atoms with E-state index in [9.17, 15) is 4.79 Å². The lowest BCUT2D eigenvalue weighted by Crippen LogP contribution is -2.38. The largest absolute Gasteiger partial charge is 0.367 e. The predicted molar refractivity (Wildman–Crippen MR) is 53.7 cm³/mol. The number of hydrogen-bond donors (Lipinski definition) is 2. The lowest BCUT2D eigenvalue weighted by Gasteiger charge is -2.22. The van der Waals surface area contributed by atoms with Crippen LogP contribution in [0.25, 0.3) is 0 Å². The van der Waals surface area contributed by atoms with Gasteiger partial charge in [-0.25, -0.2) is 0 Å². The molecule has 78 valence electrons. The summed E-state index contributed by atoms with van der Waals surface area (Å²) in [5.41, 5.74) is 0. The van der Waals surface area contributed by atoms with Gasteiger partial charge in [0.15, 0.2) is 0 Å². The smallest absolute Gasteiger partial charge is 0.246 e. The molecule has 0 radical (unpaired) electrons. The number of ether oxygens (including phenoxy) is 1. The fourth-order valence-corrected chi connectivity index (χ4v) is 1.36. The van der Waals surface area contributed by atoms with Gasteiger partial charge in [0.25, 0.3) is 0 Å². The van der Waals surface area contributed by atoms with E-state index in [1.165, 1.54) is 0 Å². The van der Waals surface area contributed by atoms with Crippen molar-refractivity contribution in [1.29, 1.82) is 0 Å². The molecule has 1 fully saturated rings. The standard InChI is InChI=1S/C10H16N2O2/c1-2-5-12-10(13)8-14-9-4-3-6-11-7-9/h1,9,11H,3-8H2,(H,12,13). The van der Waals surface area contributed by atoms with Gasteiger partial charge in [-0.2, -0.15) is 0 Å². The second-order valence-electron chi connectivity index (χ2n) is 3.26. The van der Waals surface area contributed by atoms with E-state index < -0.39 is 0 Å². The Bertz CT molecular complexity index is 217. The van der Waals surface area contributed by atoms with Crippen molar-refractivity contribution in [2.75, 3.05) is 26.2 Å². The Labute approximate surface area is 84.4 Å². The van der Waals surface area contributed by atoms with Crippen molar-refractivity contribution in [2.24, 2.45) is 0 Å². The second-order valence-corrected chi connectivity index (χ2v) is 3.26. The Kier molecular flexibility index (Phi) is 5.05. The van der Waals surface area contributed by atoms with Gasteiger partial charge in [0.2, 0.25) is 5.91 Å². The lowest BCUT2D eigenvalue weighted by molar-refractivity contribution is -0.127. The molecule has 2 N–H and O–H groups in total. The van der Waals surface area contributed by atoms with Crippen LogP contribution in [-0.2, 0) is 9.53 Å². The van der Waals surface area contributed by atoms with Crippen molar-refractivity contribution < 1.29 is 9.53 Å². The maximum Gasteiger partial charge on any atom is 0.246 e. The van der Waals surface area contributed by atoms with Crippen molar-refractivity contribution >= 4 is 5.91 Å². The van der Waals surface area contributed by atoms with E-state index in [-0.39, 0.29) is 25.2 Å². The minimum absolute atomic E-state index is 0.105. The van der Waals surface area contributed by atoms with Crippen LogP contribution in [0.4, 0.5) is 0 Å². The van der Waals surface area contributed by atoms with Gasteiger partial charge in [0, 0.05) is 6.54 Å². The number of carbonyl (C=O) groups is 1. The number of piperidine rings is 1. The molecule has 1 unspecified atom stereocenters. The zero-order valence-electron chi connectivity index (χ0n) is 8.21. The number of nitrogens with one attached hydrogen (secondary N) is 2. The maximum absolute atomic E-state index is 11.1. The van der Waals surface area contributed by atoms with E-state index in [1.807, 2.05) is 0 Å². The van der Waals surface area contributed by atoms with Crippen LogP contribution >= 0.6 is 0 Å². The first-order chi connectivity index (χ1) is 6.83. The average molecular weight is 196 g/mol. The SMILES string of the molecule is C#CCNC(=O)COC1CCCNC1. The summed E-state index contributed by atoms with van der Waals surface area (Å²) in [6, 6.07) is 0. The third-order valence-corrected chi connectivity index (χ3v) is 2.09. The quantitative estimate of drug-likeness (QED) is 0.596. The van der Waals surface area contributed by atoms with Crippen LogP contribution in [0.3, 0.4) is 0 Å². The zero-order chi connectivity index (χ0) is 10.2. The van der Waals surface area contributed by atoms with Gasteiger partial charge in [-0.15, -0.1) is 6.42 Å². The van der Waals surface area contributed by atoms with Gasteiger partial charge in [0.05, 0.1) is 12.6 Å². The molecule has 0 spiro atoms. The first-order valence-electron chi connectivity index (χ1n) is 4.85. The number of carbonyl (C=O) groups excluding carboxylic acids is 1. The summed E-state index contributed by atoms with van der Waals surface area (Å²) in [4.78, 5) is 11.1. The Morgan fingerprint density at radius 2 is 2.57 bits per heavy atom. The van der Waals surface area contributed by atoms with Crippen LogP contribution in [0, 0.1) is 12.3 Å². The highest BCUT2D eigenvalue weighted by atomic mass is 16.5. The fourth-order valence-electron chi connectivity index (χ4n) is 1.36. The van der Waals surface area contributed by atoms with E-state index in [1.54, 1.807) is 0 Å². The minimum Gasteiger partial charge on any atom is -0.367 e. The topological polar surface area (TPSA) is 50.4 Å². The molecule has 0 bridgehead atoms. The van der Waals surface area contributed by atoms with Crippen molar-refractivity contribution in [3.63, 3.8) is 0 Å². The van der Waals surface area contributed by atoms with E-state index in [0.29, 0.717) is 0 Å². The lowest BCUT2D eigenvalue weighted by atomic mass is 10.1. The second kappa shape index (κ2) is 6.41. The van der Waals surface area contributed by atoms with Crippen LogP contribution in [0.5, 0.6) is 0 Å². The Morgan fingerprint density at radius 3 is 3.21 bits per heavy atom. The molecule has 4 nitrogen and oxygen atoms in total. The molecule has 4 heteroatoms. The number of amides is 1. The van der Waals surface area contributed by atoms with E-state index in [0.717, 1.165) is 25.9 Å². The molecule has 1 rings (SSSR count). The van der Waals surface area contributed by atoms with E-state index in [4.69, 9.17) is 11.2 Å². The third-order valence-electron chi connectivity index (χ3n) is 2.09. The first kappa shape index (κ1) is 11.0. The monoisotopic (exact) mass is 196 g/mol. The minimum atomic E-state index is -0.145. The van der Waals surface area contributed by atoms with Gasteiger partial charge in [-0.3, -0.25) is 4.79 Å². The summed E-state index contributed by atoms with van der Waals surface area (Å²) in [6.07, 6.45) is 7.30. The van der Waals surface area contributed by atoms with Gasteiger partial charge in [-0.1, -0.05) is 5.92 Å². The van der Waals surface area contributed by atoms with E-state index in [2.05, 4.69) is 16.6 Å². The molecular weight excluding hydrogens is 180 g/mol. The van der Waals surface area contributed by atoms with Crippen molar-refractivity contribution in [3.05, 3.63) is 0 Å². The molecule has 0 aromatic carbocycles. The van der Waals surface area contributed by atoms with Crippen LogP contribution in [0.1, 0.15) is 12.8 Å². The molecule has 0 saturated carbocycles. The summed E-state index contributed by atoms with van der Waals surface area (Å²) in [5.74, 6) is 2.19. The Morgan fingerprint density at radius 1 is 1.71 bits per heavy atom.